The molecule has 1 N–H and O–H groups in total. The van der Waals surface area contributed by atoms with E-state index in [0.717, 1.165) is 8.66 Å². The Labute approximate surface area is 127 Å². The van der Waals surface area contributed by atoms with E-state index in [1.165, 1.54) is 11.3 Å². The molecule has 0 aliphatic carbocycles. The fourth-order valence-corrected chi connectivity index (χ4v) is 3.48. The van der Waals surface area contributed by atoms with E-state index in [2.05, 4.69) is 15.9 Å². The van der Waals surface area contributed by atoms with Crippen LogP contribution in [0, 0.1) is 0 Å². The summed E-state index contributed by atoms with van der Waals surface area (Å²) in [5.41, 5.74) is 0.660. The summed E-state index contributed by atoms with van der Waals surface area (Å²) in [7, 11) is 1.54. The molecule has 6 heteroatoms. The monoisotopic (exact) mass is 366 g/mol. The van der Waals surface area contributed by atoms with Gasteiger partial charge in [0.1, 0.15) is 11.9 Å². The van der Waals surface area contributed by atoms with E-state index in [0.29, 0.717) is 21.4 Å². The molecule has 96 valence electrons. The SMILES string of the molecule is COc1cc(Cl)ccc1C(O)c1cc(Cl)c(Br)s1. The fraction of sp³-hybridized carbons (Fsp3) is 0.167. The van der Waals surface area contributed by atoms with Crippen LogP contribution in [0.15, 0.2) is 28.1 Å². The van der Waals surface area contributed by atoms with Gasteiger partial charge in [-0.2, -0.15) is 0 Å². The van der Waals surface area contributed by atoms with Crippen LogP contribution in [0.1, 0.15) is 16.5 Å². The normalized spacial score (nSPS) is 12.5. The van der Waals surface area contributed by atoms with Gasteiger partial charge in [0, 0.05) is 15.5 Å². The number of methoxy groups -OCH3 is 1. The van der Waals surface area contributed by atoms with E-state index >= 15 is 0 Å². The van der Waals surface area contributed by atoms with Crippen LogP contribution < -0.4 is 4.74 Å². The van der Waals surface area contributed by atoms with Crippen LogP contribution in [0.5, 0.6) is 5.75 Å². The third-order valence-corrected chi connectivity index (χ3v) is 5.19. The van der Waals surface area contributed by atoms with Crippen LogP contribution in [0.3, 0.4) is 0 Å². The predicted octanol–water partition coefficient (Wildman–Crippen LogP) is 4.91. The largest absolute Gasteiger partial charge is 0.496 e. The van der Waals surface area contributed by atoms with Gasteiger partial charge in [0.2, 0.25) is 0 Å². The molecule has 1 heterocycles. The Morgan fingerprint density at radius 1 is 1.33 bits per heavy atom. The third kappa shape index (κ3) is 2.83. The summed E-state index contributed by atoms with van der Waals surface area (Å²) < 4.78 is 6.02. The molecule has 1 aromatic heterocycles. The lowest BCUT2D eigenvalue weighted by Gasteiger charge is -2.13. The van der Waals surface area contributed by atoms with Crippen LogP contribution in [-0.4, -0.2) is 12.2 Å². The molecular formula is C12H9BrCl2O2S. The highest BCUT2D eigenvalue weighted by Crippen LogP contribution is 2.40. The highest BCUT2D eigenvalue weighted by molar-refractivity contribution is 9.11. The van der Waals surface area contributed by atoms with Gasteiger partial charge in [-0.1, -0.05) is 29.3 Å². The first-order valence-corrected chi connectivity index (χ1v) is 7.35. The Balaban J connectivity index is 2.42. The molecule has 2 nitrogen and oxygen atoms in total. The van der Waals surface area contributed by atoms with Gasteiger partial charge < -0.3 is 9.84 Å². The van der Waals surface area contributed by atoms with E-state index in [1.807, 2.05) is 0 Å². The summed E-state index contributed by atoms with van der Waals surface area (Å²) >= 11 is 16.6. The number of benzene rings is 1. The number of rotatable bonds is 3. The van der Waals surface area contributed by atoms with Crippen LogP contribution in [0.25, 0.3) is 0 Å². The molecule has 0 spiro atoms. The Hall–Kier alpha value is -0.260. The average molecular weight is 368 g/mol. The summed E-state index contributed by atoms with van der Waals surface area (Å²) in [5, 5.41) is 11.5. The molecule has 1 aromatic carbocycles. The zero-order valence-corrected chi connectivity index (χ0v) is 13.2. The van der Waals surface area contributed by atoms with Crippen molar-refractivity contribution in [3.8, 4) is 5.75 Å². The highest BCUT2D eigenvalue weighted by atomic mass is 79.9. The number of halogens is 3. The number of hydrogen-bond acceptors (Lipinski definition) is 3. The second-order valence-electron chi connectivity index (χ2n) is 3.56. The van der Waals surface area contributed by atoms with Gasteiger partial charge in [-0.05, 0) is 34.1 Å². The van der Waals surface area contributed by atoms with Gasteiger partial charge in [-0.3, -0.25) is 0 Å². The Morgan fingerprint density at radius 3 is 2.61 bits per heavy atom. The van der Waals surface area contributed by atoms with Gasteiger partial charge in [0.05, 0.1) is 15.9 Å². The number of hydrogen-bond donors (Lipinski definition) is 1. The van der Waals surface area contributed by atoms with Crippen molar-refractivity contribution >= 4 is 50.5 Å². The first-order chi connectivity index (χ1) is 8.52. The highest BCUT2D eigenvalue weighted by Gasteiger charge is 2.19. The second-order valence-corrected chi connectivity index (χ2v) is 6.80. The predicted molar refractivity (Wildman–Crippen MR) is 79.1 cm³/mol. The minimum atomic E-state index is -0.786. The number of aliphatic hydroxyl groups is 1. The maximum Gasteiger partial charge on any atom is 0.126 e. The molecule has 0 radical (unpaired) electrons. The van der Waals surface area contributed by atoms with Crippen molar-refractivity contribution in [3.63, 3.8) is 0 Å². The lowest BCUT2D eigenvalue weighted by molar-refractivity contribution is 0.218. The van der Waals surface area contributed by atoms with Crippen LogP contribution in [0.2, 0.25) is 10.0 Å². The van der Waals surface area contributed by atoms with E-state index in [9.17, 15) is 5.11 Å². The van der Waals surface area contributed by atoms with Crippen molar-refractivity contribution < 1.29 is 9.84 Å². The summed E-state index contributed by atoms with van der Waals surface area (Å²) in [6, 6.07) is 6.86. The first-order valence-electron chi connectivity index (χ1n) is 4.99. The molecule has 0 saturated heterocycles. The minimum absolute atomic E-state index is 0.552. The fourth-order valence-electron chi connectivity index (χ4n) is 1.56. The molecule has 0 bridgehead atoms. The number of ether oxygens (including phenoxy) is 1. The second kappa shape index (κ2) is 5.80. The summed E-state index contributed by atoms with van der Waals surface area (Å²) in [5.74, 6) is 0.552. The van der Waals surface area contributed by atoms with Gasteiger partial charge >= 0.3 is 0 Å². The van der Waals surface area contributed by atoms with E-state index in [4.69, 9.17) is 27.9 Å². The van der Waals surface area contributed by atoms with Gasteiger partial charge in [0.15, 0.2) is 0 Å². The minimum Gasteiger partial charge on any atom is -0.496 e. The molecule has 0 fully saturated rings. The summed E-state index contributed by atoms with van der Waals surface area (Å²) in [4.78, 5) is 0.743. The Morgan fingerprint density at radius 2 is 2.06 bits per heavy atom. The smallest absolute Gasteiger partial charge is 0.126 e. The Bertz CT molecular complexity index is 552. The maximum atomic E-state index is 10.3. The lowest BCUT2D eigenvalue weighted by atomic mass is 10.1. The zero-order valence-electron chi connectivity index (χ0n) is 9.28. The first kappa shape index (κ1) is 14.2. The molecule has 2 rings (SSSR count). The number of aliphatic hydroxyl groups excluding tert-OH is 1. The molecule has 2 aromatic rings. The van der Waals surface area contributed by atoms with Crippen molar-refractivity contribution in [3.05, 3.63) is 48.5 Å². The van der Waals surface area contributed by atoms with Crippen molar-refractivity contribution in [2.75, 3.05) is 7.11 Å². The van der Waals surface area contributed by atoms with Crippen molar-refractivity contribution in [1.29, 1.82) is 0 Å². The molecule has 1 unspecified atom stereocenters. The molecule has 1 atom stereocenters. The third-order valence-electron chi connectivity index (χ3n) is 2.42. The van der Waals surface area contributed by atoms with Crippen LogP contribution in [0.4, 0.5) is 0 Å². The van der Waals surface area contributed by atoms with Gasteiger partial charge in [0.25, 0.3) is 0 Å². The van der Waals surface area contributed by atoms with Crippen molar-refractivity contribution in [2.45, 2.75) is 6.10 Å². The molecule has 0 aliphatic heterocycles. The maximum absolute atomic E-state index is 10.3. The van der Waals surface area contributed by atoms with E-state index in [-0.39, 0.29) is 0 Å². The summed E-state index contributed by atoms with van der Waals surface area (Å²) in [6.45, 7) is 0. The molecule has 0 saturated carbocycles. The standard InChI is InChI=1S/C12H9BrCl2O2S/c1-17-9-4-6(14)2-3-7(9)11(16)10-5-8(15)12(13)18-10/h2-5,11,16H,1H3. The van der Waals surface area contributed by atoms with Gasteiger partial charge in [-0.25, -0.2) is 0 Å². The van der Waals surface area contributed by atoms with Crippen LogP contribution >= 0.6 is 50.5 Å². The average Bonchev–Trinajstić information content (AvgIpc) is 2.68. The zero-order chi connectivity index (χ0) is 13.3. The van der Waals surface area contributed by atoms with Crippen molar-refractivity contribution in [1.82, 2.24) is 0 Å². The quantitative estimate of drug-likeness (QED) is 0.835. The topological polar surface area (TPSA) is 29.5 Å². The lowest BCUT2D eigenvalue weighted by Crippen LogP contribution is -2.00. The molecule has 0 amide bonds. The van der Waals surface area contributed by atoms with Crippen molar-refractivity contribution in [2.24, 2.45) is 0 Å². The molecule has 18 heavy (non-hydrogen) atoms. The van der Waals surface area contributed by atoms with Gasteiger partial charge in [-0.15, -0.1) is 11.3 Å². The molecule has 0 aliphatic rings. The molecular weight excluding hydrogens is 359 g/mol. The Kier molecular flexibility index (Phi) is 4.56. The van der Waals surface area contributed by atoms with Crippen LogP contribution in [-0.2, 0) is 0 Å². The van der Waals surface area contributed by atoms with E-state index < -0.39 is 6.10 Å². The summed E-state index contributed by atoms with van der Waals surface area (Å²) in [6.07, 6.45) is -0.786. The van der Waals surface area contributed by atoms with E-state index in [1.54, 1.807) is 31.4 Å². The number of thiophene rings is 1.